The van der Waals surface area contributed by atoms with Gasteiger partial charge in [-0.3, -0.25) is 0 Å². The van der Waals surface area contributed by atoms with Gasteiger partial charge in [-0.25, -0.2) is 4.98 Å². The maximum absolute atomic E-state index is 4.31. The van der Waals surface area contributed by atoms with Crippen molar-refractivity contribution in [1.29, 1.82) is 0 Å². The zero-order chi connectivity index (χ0) is 10.7. The predicted molar refractivity (Wildman–Crippen MR) is 69.1 cm³/mol. The average Bonchev–Trinajstić information content (AvgIpc) is 2.69. The molecule has 0 radical (unpaired) electrons. The summed E-state index contributed by atoms with van der Waals surface area (Å²) in [5.74, 6) is 1.65. The molecule has 0 aliphatic carbocycles. The van der Waals surface area contributed by atoms with Gasteiger partial charge in [0.15, 0.2) is 0 Å². The molecule has 1 unspecified atom stereocenters. The first-order chi connectivity index (χ1) is 7.25. The van der Waals surface area contributed by atoms with Crippen molar-refractivity contribution in [1.82, 2.24) is 10.3 Å². The first-order valence-electron chi connectivity index (χ1n) is 5.01. The van der Waals surface area contributed by atoms with Crippen molar-refractivity contribution in [2.24, 2.45) is 5.92 Å². The topological polar surface area (TPSA) is 37.0 Å². The zero-order valence-electron chi connectivity index (χ0n) is 8.26. The van der Waals surface area contributed by atoms with Gasteiger partial charge in [-0.2, -0.15) is 0 Å². The van der Waals surface area contributed by atoms with Crippen LogP contribution in [0.5, 0.6) is 0 Å². The van der Waals surface area contributed by atoms with Crippen LogP contribution in [0.25, 0.3) is 0 Å². The van der Waals surface area contributed by atoms with Gasteiger partial charge in [0, 0.05) is 17.2 Å². The van der Waals surface area contributed by atoms with E-state index >= 15 is 0 Å². The second kappa shape index (κ2) is 5.27. The molecule has 2 heterocycles. The summed E-state index contributed by atoms with van der Waals surface area (Å²) in [4.78, 5) is 4.31. The molecule has 2 rings (SSSR count). The van der Waals surface area contributed by atoms with E-state index in [1.165, 1.54) is 6.42 Å². The standard InChI is InChI=1S/C10H13Br2N3/c11-8-3-9(12)10(15-6-8)14-5-7-1-2-13-4-7/h3,6-7,13H,1-2,4-5H2,(H,14,15). The fourth-order valence-corrected chi connectivity index (χ4v) is 2.80. The van der Waals surface area contributed by atoms with E-state index in [0.717, 1.165) is 40.3 Å². The maximum atomic E-state index is 4.31. The van der Waals surface area contributed by atoms with Crippen LogP contribution in [-0.2, 0) is 0 Å². The number of halogens is 2. The van der Waals surface area contributed by atoms with Gasteiger partial charge >= 0.3 is 0 Å². The van der Waals surface area contributed by atoms with E-state index in [1.807, 2.05) is 6.07 Å². The highest BCUT2D eigenvalue weighted by Crippen LogP contribution is 2.23. The van der Waals surface area contributed by atoms with Crippen LogP contribution in [0.4, 0.5) is 5.82 Å². The Morgan fingerprint density at radius 3 is 3.07 bits per heavy atom. The Hall–Kier alpha value is -0.130. The second-order valence-corrected chi connectivity index (χ2v) is 5.49. The Kier molecular flexibility index (Phi) is 3.99. The summed E-state index contributed by atoms with van der Waals surface area (Å²) in [6.45, 7) is 3.24. The summed E-state index contributed by atoms with van der Waals surface area (Å²) < 4.78 is 1.99. The fraction of sp³-hybridized carbons (Fsp3) is 0.500. The molecule has 1 aliphatic rings. The molecule has 5 heteroatoms. The molecular formula is C10H13Br2N3. The van der Waals surface area contributed by atoms with Crippen LogP contribution in [-0.4, -0.2) is 24.6 Å². The second-order valence-electron chi connectivity index (χ2n) is 3.72. The van der Waals surface area contributed by atoms with Crippen molar-refractivity contribution in [2.45, 2.75) is 6.42 Å². The van der Waals surface area contributed by atoms with Crippen molar-refractivity contribution in [3.63, 3.8) is 0 Å². The molecule has 0 amide bonds. The van der Waals surface area contributed by atoms with E-state index < -0.39 is 0 Å². The zero-order valence-corrected chi connectivity index (χ0v) is 11.4. The van der Waals surface area contributed by atoms with E-state index in [2.05, 4.69) is 47.5 Å². The van der Waals surface area contributed by atoms with Gasteiger partial charge in [0.2, 0.25) is 0 Å². The Bertz CT molecular complexity index is 337. The van der Waals surface area contributed by atoms with Crippen molar-refractivity contribution >= 4 is 37.7 Å². The van der Waals surface area contributed by atoms with Gasteiger partial charge in [-0.1, -0.05) is 0 Å². The third-order valence-corrected chi connectivity index (χ3v) is 3.57. The molecule has 1 aliphatic heterocycles. The summed E-state index contributed by atoms with van der Waals surface area (Å²) in [5.41, 5.74) is 0. The number of aromatic nitrogens is 1. The monoisotopic (exact) mass is 333 g/mol. The average molecular weight is 335 g/mol. The molecule has 0 aromatic carbocycles. The Balaban J connectivity index is 1.92. The quantitative estimate of drug-likeness (QED) is 0.892. The minimum absolute atomic E-state index is 0.724. The molecule has 15 heavy (non-hydrogen) atoms. The van der Waals surface area contributed by atoms with Crippen LogP contribution in [0.1, 0.15) is 6.42 Å². The highest BCUT2D eigenvalue weighted by Gasteiger charge is 2.14. The summed E-state index contributed by atoms with van der Waals surface area (Å²) in [6.07, 6.45) is 3.06. The van der Waals surface area contributed by atoms with Crippen LogP contribution in [0.2, 0.25) is 0 Å². The third kappa shape index (κ3) is 3.16. The van der Waals surface area contributed by atoms with Crippen LogP contribution < -0.4 is 10.6 Å². The molecule has 0 saturated carbocycles. The molecule has 1 fully saturated rings. The number of nitrogens with zero attached hydrogens (tertiary/aromatic N) is 1. The van der Waals surface area contributed by atoms with Crippen molar-refractivity contribution in [3.05, 3.63) is 21.2 Å². The minimum Gasteiger partial charge on any atom is -0.369 e. The molecule has 1 aromatic heterocycles. The SMILES string of the molecule is Brc1cnc(NCC2CCNC2)c(Br)c1. The molecular weight excluding hydrogens is 322 g/mol. The smallest absolute Gasteiger partial charge is 0.140 e. The normalized spacial score (nSPS) is 20.5. The molecule has 2 N–H and O–H groups in total. The van der Waals surface area contributed by atoms with Crippen molar-refractivity contribution < 1.29 is 0 Å². The van der Waals surface area contributed by atoms with Crippen LogP contribution in [0, 0.1) is 5.92 Å². The summed E-state index contributed by atoms with van der Waals surface area (Å²) in [5, 5.41) is 6.72. The summed E-state index contributed by atoms with van der Waals surface area (Å²) in [7, 11) is 0. The molecule has 1 atom stereocenters. The Morgan fingerprint density at radius 1 is 1.53 bits per heavy atom. The Morgan fingerprint density at radius 2 is 2.40 bits per heavy atom. The van der Waals surface area contributed by atoms with E-state index in [0.29, 0.717) is 0 Å². The maximum Gasteiger partial charge on any atom is 0.140 e. The minimum atomic E-state index is 0.724. The number of nitrogens with one attached hydrogen (secondary N) is 2. The molecule has 1 aromatic rings. The Labute approximate surface area is 106 Å². The number of pyridine rings is 1. The van der Waals surface area contributed by atoms with E-state index in [-0.39, 0.29) is 0 Å². The number of anilines is 1. The fourth-order valence-electron chi connectivity index (χ4n) is 1.67. The lowest BCUT2D eigenvalue weighted by Crippen LogP contribution is -2.17. The van der Waals surface area contributed by atoms with Gasteiger partial charge in [-0.15, -0.1) is 0 Å². The van der Waals surface area contributed by atoms with Crippen molar-refractivity contribution in [2.75, 3.05) is 25.0 Å². The number of rotatable bonds is 3. The predicted octanol–water partition coefficient (Wildman–Crippen LogP) is 2.63. The molecule has 0 bridgehead atoms. The van der Waals surface area contributed by atoms with Gasteiger partial charge in [0.1, 0.15) is 5.82 Å². The summed E-state index contributed by atoms with van der Waals surface area (Å²) >= 11 is 6.87. The lowest BCUT2D eigenvalue weighted by atomic mass is 10.1. The van der Waals surface area contributed by atoms with Crippen LogP contribution in [0.15, 0.2) is 21.2 Å². The van der Waals surface area contributed by atoms with Gasteiger partial charge in [0.25, 0.3) is 0 Å². The van der Waals surface area contributed by atoms with Gasteiger partial charge < -0.3 is 10.6 Å². The van der Waals surface area contributed by atoms with E-state index in [4.69, 9.17) is 0 Å². The lowest BCUT2D eigenvalue weighted by molar-refractivity contribution is 0.614. The summed E-state index contributed by atoms with van der Waals surface area (Å²) in [6, 6.07) is 2.00. The van der Waals surface area contributed by atoms with Crippen molar-refractivity contribution in [3.8, 4) is 0 Å². The van der Waals surface area contributed by atoms with Gasteiger partial charge in [0.05, 0.1) is 4.47 Å². The largest absolute Gasteiger partial charge is 0.369 e. The highest BCUT2D eigenvalue weighted by atomic mass is 79.9. The molecule has 3 nitrogen and oxygen atoms in total. The number of hydrogen-bond acceptors (Lipinski definition) is 3. The number of hydrogen-bond donors (Lipinski definition) is 2. The van der Waals surface area contributed by atoms with E-state index in [9.17, 15) is 0 Å². The van der Waals surface area contributed by atoms with Crippen LogP contribution >= 0.6 is 31.9 Å². The van der Waals surface area contributed by atoms with Gasteiger partial charge in [-0.05, 0) is 63.4 Å². The lowest BCUT2D eigenvalue weighted by Gasteiger charge is -2.11. The molecule has 0 spiro atoms. The van der Waals surface area contributed by atoms with Crippen LogP contribution in [0.3, 0.4) is 0 Å². The first kappa shape index (κ1) is 11.4. The van der Waals surface area contributed by atoms with E-state index in [1.54, 1.807) is 6.20 Å². The molecule has 82 valence electrons. The molecule has 1 saturated heterocycles. The highest BCUT2D eigenvalue weighted by molar-refractivity contribution is 9.11. The first-order valence-corrected chi connectivity index (χ1v) is 6.60. The third-order valence-electron chi connectivity index (χ3n) is 2.53.